The third-order valence-corrected chi connectivity index (χ3v) is 1.66. The molecule has 2 rings (SSSR count). The van der Waals surface area contributed by atoms with E-state index in [-0.39, 0.29) is 0 Å². The molecule has 0 N–H and O–H groups in total. The van der Waals surface area contributed by atoms with Crippen LogP contribution in [0.5, 0.6) is 0 Å². The molecule has 0 bridgehead atoms. The molecular formula is C8H7N5O. The van der Waals surface area contributed by atoms with E-state index in [2.05, 4.69) is 20.4 Å². The third kappa shape index (κ3) is 1.49. The number of pyridine rings is 1. The molecule has 0 saturated heterocycles. The fourth-order valence-corrected chi connectivity index (χ4v) is 1.04. The van der Waals surface area contributed by atoms with Crippen LogP contribution in [0.25, 0.3) is 11.4 Å². The molecule has 0 radical (unpaired) electrons. The summed E-state index contributed by atoms with van der Waals surface area (Å²) in [5.41, 5.74) is 1.18. The Kier molecular flexibility index (Phi) is 2.02. The van der Waals surface area contributed by atoms with Crippen molar-refractivity contribution in [3.8, 4) is 11.4 Å². The number of aromatic nitrogens is 5. The fraction of sp³-hybridized carbons (Fsp3) is 0.125. The van der Waals surface area contributed by atoms with Gasteiger partial charge in [0.25, 0.3) is 0 Å². The van der Waals surface area contributed by atoms with E-state index >= 15 is 0 Å². The van der Waals surface area contributed by atoms with E-state index in [1.807, 2.05) is 0 Å². The summed E-state index contributed by atoms with van der Waals surface area (Å²) in [6.07, 6.45) is 3.80. The Balaban J connectivity index is 2.46. The highest BCUT2D eigenvalue weighted by Crippen LogP contribution is 2.12. The second kappa shape index (κ2) is 3.33. The number of aldehydes is 1. The Morgan fingerprint density at radius 3 is 2.93 bits per heavy atom. The van der Waals surface area contributed by atoms with Gasteiger partial charge in [0.2, 0.25) is 5.82 Å². The first-order valence-corrected chi connectivity index (χ1v) is 3.94. The van der Waals surface area contributed by atoms with Crippen molar-refractivity contribution in [1.29, 1.82) is 0 Å². The van der Waals surface area contributed by atoms with Gasteiger partial charge in [0.1, 0.15) is 0 Å². The van der Waals surface area contributed by atoms with Crippen molar-refractivity contribution in [2.24, 2.45) is 7.05 Å². The van der Waals surface area contributed by atoms with Crippen LogP contribution in [0.2, 0.25) is 0 Å². The van der Waals surface area contributed by atoms with Crippen molar-refractivity contribution in [2.75, 3.05) is 0 Å². The van der Waals surface area contributed by atoms with Gasteiger partial charge >= 0.3 is 0 Å². The number of carbonyl (C=O) groups excluding carboxylic acids is 1. The highest BCUT2D eigenvalue weighted by atomic mass is 16.1. The maximum atomic E-state index is 10.5. The van der Waals surface area contributed by atoms with Gasteiger partial charge in [0, 0.05) is 23.5 Å². The van der Waals surface area contributed by atoms with Gasteiger partial charge in [-0.25, -0.2) is 0 Å². The molecule has 0 atom stereocenters. The van der Waals surface area contributed by atoms with Gasteiger partial charge in [0.15, 0.2) is 6.29 Å². The normalized spacial score (nSPS) is 10.1. The van der Waals surface area contributed by atoms with Crippen LogP contribution in [-0.4, -0.2) is 31.5 Å². The summed E-state index contributed by atoms with van der Waals surface area (Å²) in [6, 6.07) is 1.66. The molecule has 0 saturated carbocycles. The summed E-state index contributed by atoms with van der Waals surface area (Å²) >= 11 is 0. The summed E-state index contributed by atoms with van der Waals surface area (Å²) in [5.74, 6) is 0.462. The van der Waals surface area contributed by atoms with Crippen molar-refractivity contribution in [3.63, 3.8) is 0 Å². The molecule has 0 unspecified atom stereocenters. The second-order valence-electron chi connectivity index (χ2n) is 2.73. The Labute approximate surface area is 79.6 Å². The predicted octanol–water partition coefficient (Wildman–Crippen LogP) is 0.0846. The van der Waals surface area contributed by atoms with Crippen molar-refractivity contribution in [3.05, 3.63) is 24.0 Å². The number of aryl methyl sites for hydroxylation is 1. The number of rotatable bonds is 2. The monoisotopic (exact) mass is 189 g/mol. The number of carbonyl (C=O) groups is 1. The highest BCUT2D eigenvalue weighted by molar-refractivity contribution is 5.76. The summed E-state index contributed by atoms with van der Waals surface area (Å²) in [7, 11) is 1.67. The molecule has 0 aliphatic heterocycles. The lowest BCUT2D eigenvalue weighted by molar-refractivity contribution is 0.112. The third-order valence-electron chi connectivity index (χ3n) is 1.66. The predicted molar refractivity (Wildman–Crippen MR) is 47.4 cm³/mol. The van der Waals surface area contributed by atoms with Gasteiger partial charge < -0.3 is 0 Å². The molecular weight excluding hydrogens is 182 g/mol. The molecule has 0 aliphatic rings. The van der Waals surface area contributed by atoms with Crippen molar-refractivity contribution >= 4 is 6.29 Å². The van der Waals surface area contributed by atoms with Crippen LogP contribution >= 0.6 is 0 Å². The molecule has 70 valence electrons. The SMILES string of the molecule is Cn1nnc(-c2cncc(C=O)c2)n1. The molecule has 6 heteroatoms. The van der Waals surface area contributed by atoms with E-state index in [4.69, 9.17) is 0 Å². The van der Waals surface area contributed by atoms with Crippen molar-refractivity contribution < 1.29 is 4.79 Å². The Morgan fingerprint density at radius 1 is 1.43 bits per heavy atom. The topological polar surface area (TPSA) is 73.6 Å². The quantitative estimate of drug-likeness (QED) is 0.625. The molecule has 0 spiro atoms. The van der Waals surface area contributed by atoms with Gasteiger partial charge in [-0.3, -0.25) is 9.78 Å². The Morgan fingerprint density at radius 2 is 2.29 bits per heavy atom. The van der Waals surface area contributed by atoms with Crippen LogP contribution in [0, 0.1) is 0 Å². The van der Waals surface area contributed by atoms with E-state index in [0.717, 1.165) is 6.29 Å². The van der Waals surface area contributed by atoms with Crippen LogP contribution in [0.15, 0.2) is 18.5 Å². The van der Waals surface area contributed by atoms with Crippen LogP contribution in [0.1, 0.15) is 10.4 Å². The van der Waals surface area contributed by atoms with Crippen LogP contribution in [-0.2, 0) is 7.05 Å². The number of tetrazole rings is 1. The van der Waals surface area contributed by atoms with Crippen molar-refractivity contribution in [2.45, 2.75) is 0 Å². The Bertz CT molecular complexity index is 464. The minimum atomic E-state index is 0.462. The Hall–Kier alpha value is -2.11. The van der Waals surface area contributed by atoms with Crippen LogP contribution < -0.4 is 0 Å². The lowest BCUT2D eigenvalue weighted by Gasteiger charge is -1.93. The number of nitrogens with zero attached hydrogens (tertiary/aromatic N) is 5. The first kappa shape index (κ1) is 8.49. The molecule has 6 nitrogen and oxygen atoms in total. The largest absolute Gasteiger partial charge is 0.298 e. The van der Waals surface area contributed by atoms with Crippen molar-refractivity contribution in [1.82, 2.24) is 25.2 Å². The maximum Gasteiger partial charge on any atom is 0.206 e. The van der Waals surface area contributed by atoms with E-state index in [0.29, 0.717) is 17.0 Å². The molecule has 14 heavy (non-hydrogen) atoms. The minimum absolute atomic E-state index is 0.462. The van der Waals surface area contributed by atoms with Gasteiger partial charge in [-0.1, -0.05) is 0 Å². The molecule has 2 aromatic rings. The zero-order valence-electron chi connectivity index (χ0n) is 7.45. The van der Waals surface area contributed by atoms with Gasteiger partial charge in [-0.05, 0) is 11.3 Å². The number of hydrogen-bond acceptors (Lipinski definition) is 5. The second-order valence-corrected chi connectivity index (χ2v) is 2.73. The van der Waals surface area contributed by atoms with E-state index in [1.54, 1.807) is 19.3 Å². The summed E-state index contributed by atoms with van der Waals surface area (Å²) in [6.45, 7) is 0. The van der Waals surface area contributed by atoms with E-state index in [9.17, 15) is 4.79 Å². The zero-order chi connectivity index (χ0) is 9.97. The first-order chi connectivity index (χ1) is 6.79. The van der Waals surface area contributed by atoms with Gasteiger partial charge in [0.05, 0.1) is 7.05 Å². The van der Waals surface area contributed by atoms with Crippen LogP contribution in [0.3, 0.4) is 0 Å². The lowest BCUT2D eigenvalue weighted by atomic mass is 10.2. The first-order valence-electron chi connectivity index (χ1n) is 3.94. The lowest BCUT2D eigenvalue weighted by Crippen LogP contribution is -1.92. The molecule has 2 heterocycles. The van der Waals surface area contributed by atoms with Gasteiger partial charge in [-0.15, -0.1) is 10.2 Å². The maximum absolute atomic E-state index is 10.5. The van der Waals surface area contributed by atoms with E-state index < -0.39 is 0 Å². The summed E-state index contributed by atoms with van der Waals surface area (Å²) < 4.78 is 0. The van der Waals surface area contributed by atoms with Crippen LogP contribution in [0.4, 0.5) is 0 Å². The zero-order valence-corrected chi connectivity index (χ0v) is 7.45. The van der Waals surface area contributed by atoms with E-state index in [1.165, 1.54) is 11.0 Å². The molecule has 0 aromatic carbocycles. The smallest absolute Gasteiger partial charge is 0.206 e. The highest BCUT2D eigenvalue weighted by Gasteiger charge is 2.04. The summed E-state index contributed by atoms with van der Waals surface area (Å²) in [4.78, 5) is 15.7. The fourth-order valence-electron chi connectivity index (χ4n) is 1.04. The average molecular weight is 189 g/mol. The number of hydrogen-bond donors (Lipinski definition) is 0. The van der Waals surface area contributed by atoms with Gasteiger partial charge in [-0.2, -0.15) is 4.80 Å². The standard InChI is InChI=1S/C8H7N5O/c1-13-11-8(10-12-13)7-2-6(5-14)3-9-4-7/h2-5H,1H3. The molecule has 0 fully saturated rings. The summed E-state index contributed by atoms with van der Waals surface area (Å²) in [5, 5.41) is 11.5. The molecule has 0 aliphatic carbocycles. The average Bonchev–Trinajstić information content (AvgIpc) is 2.65. The molecule has 2 aromatic heterocycles. The molecule has 0 amide bonds. The minimum Gasteiger partial charge on any atom is -0.298 e.